The highest BCUT2D eigenvalue weighted by Crippen LogP contribution is 2.11. The summed E-state index contributed by atoms with van der Waals surface area (Å²) in [6.07, 6.45) is 1.38. The van der Waals surface area contributed by atoms with E-state index in [0.29, 0.717) is 26.0 Å². The van der Waals surface area contributed by atoms with E-state index in [1.165, 1.54) is 0 Å². The molecule has 1 rings (SSSR count). The van der Waals surface area contributed by atoms with Gasteiger partial charge in [0, 0.05) is 18.9 Å². The molecule has 4 heteroatoms. The Labute approximate surface area is 64.9 Å². The van der Waals surface area contributed by atoms with Gasteiger partial charge < -0.3 is 10.1 Å². The van der Waals surface area contributed by atoms with E-state index in [1.54, 1.807) is 0 Å². The molecule has 1 aliphatic rings. The number of carbonyl (C=O) groups excluding carboxylic acids is 2. The second kappa shape index (κ2) is 3.95. The minimum atomic E-state index is 0.0516. The van der Waals surface area contributed by atoms with Crippen molar-refractivity contribution in [3.05, 3.63) is 0 Å². The molecule has 0 radical (unpaired) electrons. The lowest BCUT2D eigenvalue weighted by Crippen LogP contribution is -2.35. The summed E-state index contributed by atoms with van der Waals surface area (Å²) in [6, 6.07) is 0. The van der Waals surface area contributed by atoms with Crippen molar-refractivity contribution in [3.63, 3.8) is 0 Å². The Hall–Kier alpha value is -1.06. The maximum atomic E-state index is 10.8. The Morgan fingerprint density at radius 2 is 2.55 bits per heavy atom. The van der Waals surface area contributed by atoms with E-state index in [2.05, 4.69) is 10.1 Å². The fourth-order valence-corrected chi connectivity index (χ4v) is 1.17. The average molecular weight is 157 g/mol. The van der Waals surface area contributed by atoms with E-state index in [1.807, 2.05) is 0 Å². The Bertz CT molecular complexity index is 158. The molecule has 0 bridgehead atoms. The molecule has 1 saturated heterocycles. The first-order valence-electron chi connectivity index (χ1n) is 3.65. The lowest BCUT2D eigenvalue weighted by atomic mass is 9.99. The predicted molar refractivity (Wildman–Crippen MR) is 37.7 cm³/mol. The average Bonchev–Trinajstić information content (AvgIpc) is 2.01. The molecule has 62 valence electrons. The molecule has 11 heavy (non-hydrogen) atoms. The van der Waals surface area contributed by atoms with Crippen LogP contribution in [0.2, 0.25) is 0 Å². The van der Waals surface area contributed by atoms with E-state index in [4.69, 9.17) is 0 Å². The van der Waals surface area contributed by atoms with Crippen LogP contribution in [-0.2, 0) is 14.3 Å². The minimum absolute atomic E-state index is 0.0516. The van der Waals surface area contributed by atoms with E-state index in [9.17, 15) is 9.59 Å². The van der Waals surface area contributed by atoms with Crippen LogP contribution in [0, 0.1) is 5.92 Å². The van der Waals surface area contributed by atoms with E-state index < -0.39 is 0 Å². The lowest BCUT2D eigenvalue weighted by Gasteiger charge is -2.20. The van der Waals surface area contributed by atoms with Crippen molar-refractivity contribution in [2.24, 2.45) is 5.92 Å². The minimum Gasteiger partial charge on any atom is -0.468 e. The normalized spacial score (nSPS) is 24.0. The molecule has 0 saturated carbocycles. The monoisotopic (exact) mass is 157 g/mol. The summed E-state index contributed by atoms with van der Waals surface area (Å²) >= 11 is 0. The number of nitrogens with one attached hydrogen (secondary N) is 1. The van der Waals surface area contributed by atoms with Gasteiger partial charge in [0.2, 0.25) is 5.91 Å². The molecule has 1 amide bonds. The van der Waals surface area contributed by atoms with Crippen LogP contribution in [0.4, 0.5) is 0 Å². The van der Waals surface area contributed by atoms with Crippen molar-refractivity contribution in [1.82, 2.24) is 5.32 Å². The number of hydrogen-bond donors (Lipinski definition) is 1. The maximum Gasteiger partial charge on any atom is 0.293 e. The zero-order valence-electron chi connectivity index (χ0n) is 6.21. The summed E-state index contributed by atoms with van der Waals surface area (Å²) in [4.78, 5) is 20.6. The van der Waals surface area contributed by atoms with Crippen molar-refractivity contribution < 1.29 is 14.3 Å². The van der Waals surface area contributed by atoms with Crippen molar-refractivity contribution in [2.45, 2.75) is 12.8 Å². The molecule has 1 heterocycles. The third kappa shape index (κ3) is 2.57. The van der Waals surface area contributed by atoms with Gasteiger partial charge in [-0.25, -0.2) is 0 Å². The zero-order chi connectivity index (χ0) is 8.10. The molecule has 0 spiro atoms. The van der Waals surface area contributed by atoms with Gasteiger partial charge in [0.1, 0.15) is 0 Å². The van der Waals surface area contributed by atoms with Crippen LogP contribution >= 0.6 is 0 Å². The van der Waals surface area contributed by atoms with Crippen LogP contribution < -0.4 is 5.32 Å². The van der Waals surface area contributed by atoms with Gasteiger partial charge in [-0.1, -0.05) is 0 Å². The van der Waals surface area contributed by atoms with Gasteiger partial charge in [0.25, 0.3) is 6.47 Å². The van der Waals surface area contributed by atoms with Gasteiger partial charge in [-0.05, 0) is 6.42 Å². The lowest BCUT2D eigenvalue weighted by molar-refractivity contribution is -0.132. The van der Waals surface area contributed by atoms with Crippen LogP contribution in [0.3, 0.4) is 0 Å². The fourth-order valence-electron chi connectivity index (χ4n) is 1.17. The van der Waals surface area contributed by atoms with Gasteiger partial charge >= 0.3 is 0 Å². The Morgan fingerprint density at radius 1 is 1.73 bits per heavy atom. The van der Waals surface area contributed by atoms with Crippen molar-refractivity contribution >= 4 is 12.4 Å². The van der Waals surface area contributed by atoms with Crippen LogP contribution in [0.25, 0.3) is 0 Å². The molecule has 1 unspecified atom stereocenters. The summed E-state index contributed by atoms with van der Waals surface area (Å²) in [5, 5.41) is 2.71. The quantitative estimate of drug-likeness (QED) is 0.571. The van der Waals surface area contributed by atoms with E-state index in [0.717, 1.165) is 6.42 Å². The number of ether oxygens (including phenoxy) is 1. The van der Waals surface area contributed by atoms with Crippen LogP contribution in [0.15, 0.2) is 0 Å². The molecule has 0 aromatic carbocycles. The molecular formula is C7H11NO3. The second-order valence-electron chi connectivity index (χ2n) is 2.64. The molecular weight excluding hydrogens is 146 g/mol. The molecule has 1 N–H and O–H groups in total. The standard InChI is InChI=1S/C7H11NO3/c9-5-11-4-6-1-2-8-7(10)3-6/h5-6H,1-4H2,(H,8,10). The summed E-state index contributed by atoms with van der Waals surface area (Å²) in [7, 11) is 0. The van der Waals surface area contributed by atoms with Gasteiger partial charge in [0.15, 0.2) is 0 Å². The topological polar surface area (TPSA) is 55.4 Å². The first-order valence-corrected chi connectivity index (χ1v) is 3.65. The first-order chi connectivity index (χ1) is 5.33. The predicted octanol–water partition coefficient (Wildman–Crippen LogP) is -0.314. The largest absolute Gasteiger partial charge is 0.468 e. The van der Waals surface area contributed by atoms with Gasteiger partial charge in [-0.15, -0.1) is 0 Å². The highest BCUT2D eigenvalue weighted by atomic mass is 16.5. The first kappa shape index (κ1) is 8.04. The van der Waals surface area contributed by atoms with Gasteiger partial charge in [-0.3, -0.25) is 9.59 Å². The van der Waals surface area contributed by atoms with Crippen LogP contribution in [0.5, 0.6) is 0 Å². The number of rotatable bonds is 3. The number of piperidine rings is 1. The summed E-state index contributed by atoms with van der Waals surface area (Å²) < 4.78 is 4.56. The van der Waals surface area contributed by atoms with Crippen LogP contribution in [-0.4, -0.2) is 25.5 Å². The highest BCUT2D eigenvalue weighted by molar-refractivity contribution is 5.76. The zero-order valence-corrected chi connectivity index (χ0v) is 6.21. The molecule has 0 aliphatic carbocycles. The third-order valence-electron chi connectivity index (χ3n) is 1.75. The SMILES string of the molecule is O=COCC1CCNC(=O)C1. The summed E-state index contributed by atoms with van der Waals surface area (Å²) in [5.41, 5.74) is 0. The maximum absolute atomic E-state index is 10.8. The smallest absolute Gasteiger partial charge is 0.293 e. The third-order valence-corrected chi connectivity index (χ3v) is 1.75. The van der Waals surface area contributed by atoms with Gasteiger partial charge in [-0.2, -0.15) is 0 Å². The fraction of sp³-hybridized carbons (Fsp3) is 0.714. The Morgan fingerprint density at radius 3 is 3.18 bits per heavy atom. The van der Waals surface area contributed by atoms with Crippen molar-refractivity contribution in [1.29, 1.82) is 0 Å². The van der Waals surface area contributed by atoms with Crippen LogP contribution in [0.1, 0.15) is 12.8 Å². The molecule has 1 fully saturated rings. The van der Waals surface area contributed by atoms with Crippen molar-refractivity contribution in [3.8, 4) is 0 Å². The van der Waals surface area contributed by atoms with E-state index in [-0.39, 0.29) is 11.8 Å². The summed E-state index contributed by atoms with van der Waals surface area (Å²) in [5.74, 6) is 0.268. The molecule has 4 nitrogen and oxygen atoms in total. The van der Waals surface area contributed by atoms with E-state index >= 15 is 0 Å². The summed E-state index contributed by atoms with van der Waals surface area (Å²) in [6.45, 7) is 1.50. The van der Waals surface area contributed by atoms with Crippen molar-refractivity contribution in [2.75, 3.05) is 13.2 Å². The number of hydrogen-bond acceptors (Lipinski definition) is 3. The highest BCUT2D eigenvalue weighted by Gasteiger charge is 2.18. The molecule has 0 aromatic rings. The second-order valence-corrected chi connectivity index (χ2v) is 2.64. The Balaban J connectivity index is 2.22. The molecule has 1 aliphatic heterocycles. The Kier molecular flexibility index (Phi) is 2.89. The number of amides is 1. The van der Waals surface area contributed by atoms with Gasteiger partial charge in [0.05, 0.1) is 6.61 Å². The molecule has 0 aromatic heterocycles. The number of carbonyl (C=O) groups is 2. The molecule has 1 atom stereocenters.